The van der Waals surface area contributed by atoms with E-state index in [-0.39, 0.29) is 11.5 Å². The summed E-state index contributed by atoms with van der Waals surface area (Å²) in [6.07, 6.45) is -4.43. The number of rotatable bonds is 5. The van der Waals surface area contributed by atoms with Crippen LogP contribution in [-0.4, -0.2) is 21.1 Å². The number of alkyl halides is 3. The molecule has 0 amide bonds. The zero-order valence-corrected chi connectivity index (χ0v) is 17.0. The molecule has 2 aromatic carbocycles. The Morgan fingerprint density at radius 1 is 1.10 bits per heavy atom. The average molecular weight is 430 g/mol. The molecule has 0 bridgehead atoms. The van der Waals surface area contributed by atoms with Crippen molar-refractivity contribution in [2.24, 2.45) is 0 Å². The van der Waals surface area contributed by atoms with Crippen LogP contribution in [0.25, 0.3) is 16.8 Å². The first-order valence-corrected chi connectivity index (χ1v) is 10.1. The lowest BCUT2D eigenvalue weighted by atomic mass is 10.1. The molecule has 2 heterocycles. The van der Waals surface area contributed by atoms with Crippen LogP contribution in [0.1, 0.15) is 27.3 Å². The Balaban J connectivity index is 1.57. The van der Waals surface area contributed by atoms with E-state index in [9.17, 15) is 18.0 Å². The predicted molar refractivity (Wildman–Crippen MR) is 109 cm³/mol. The Morgan fingerprint density at radius 3 is 2.60 bits per heavy atom. The number of carbonyl (C=O) groups excluding carboxylic acids is 1. The molecule has 0 saturated carbocycles. The quantitative estimate of drug-likeness (QED) is 0.278. The minimum Gasteiger partial charge on any atom is -0.431 e. The summed E-state index contributed by atoms with van der Waals surface area (Å²) in [5.41, 5.74) is 2.74. The Bertz CT molecular complexity index is 1210. The van der Waals surface area contributed by atoms with Gasteiger partial charge in [0, 0.05) is 22.6 Å². The van der Waals surface area contributed by atoms with Crippen molar-refractivity contribution in [3.63, 3.8) is 0 Å². The number of carbonyl (C=O) groups is 1. The number of fused-ring (bicyclic) bond motifs is 1. The number of aryl methyl sites for hydroxylation is 1. The largest absolute Gasteiger partial charge is 0.431 e. The summed E-state index contributed by atoms with van der Waals surface area (Å²) in [6.45, 7) is 3.49. The summed E-state index contributed by atoms with van der Waals surface area (Å²) < 4.78 is 46.5. The van der Waals surface area contributed by atoms with Gasteiger partial charge in [-0.05, 0) is 50.2 Å². The molecular weight excluding hydrogens is 413 g/mol. The lowest BCUT2D eigenvalue weighted by Crippen LogP contribution is -2.08. The van der Waals surface area contributed by atoms with E-state index in [1.54, 1.807) is 36.6 Å². The summed E-state index contributed by atoms with van der Waals surface area (Å²) in [4.78, 5) is 17.1. The Labute approximate surface area is 174 Å². The lowest BCUT2D eigenvalue weighted by molar-refractivity contribution is -0.137. The van der Waals surface area contributed by atoms with E-state index in [0.29, 0.717) is 33.4 Å². The van der Waals surface area contributed by atoms with Crippen molar-refractivity contribution in [3.05, 3.63) is 77.1 Å². The van der Waals surface area contributed by atoms with Crippen LogP contribution in [-0.2, 0) is 6.18 Å². The number of hydrogen-bond acceptors (Lipinski definition) is 4. The van der Waals surface area contributed by atoms with Gasteiger partial charge in [0.2, 0.25) is 0 Å². The number of para-hydroxylation sites is 2. The summed E-state index contributed by atoms with van der Waals surface area (Å²) in [7, 11) is 0. The molecule has 4 nitrogen and oxygen atoms in total. The molecule has 8 heteroatoms. The fraction of sp³-hybridized carbons (Fsp3) is 0.182. The Morgan fingerprint density at radius 2 is 1.87 bits per heavy atom. The third-order valence-electron chi connectivity index (χ3n) is 4.76. The minimum atomic E-state index is -4.43. The van der Waals surface area contributed by atoms with Crippen LogP contribution in [0.5, 0.6) is 0 Å². The van der Waals surface area contributed by atoms with Gasteiger partial charge >= 0.3 is 6.18 Å². The van der Waals surface area contributed by atoms with Gasteiger partial charge in [0.1, 0.15) is 5.52 Å². The van der Waals surface area contributed by atoms with Crippen LogP contribution in [0.3, 0.4) is 0 Å². The molecule has 0 radical (unpaired) electrons. The van der Waals surface area contributed by atoms with Crippen molar-refractivity contribution < 1.29 is 22.4 Å². The number of thioether (sulfide) groups is 1. The number of aromatic nitrogens is 2. The van der Waals surface area contributed by atoms with E-state index >= 15 is 0 Å². The van der Waals surface area contributed by atoms with Gasteiger partial charge in [-0.1, -0.05) is 30.0 Å². The number of Topliss-reactive ketones (excluding diaryl/α,β-unsaturated/α-hetero) is 1. The molecule has 30 heavy (non-hydrogen) atoms. The molecule has 0 fully saturated rings. The van der Waals surface area contributed by atoms with E-state index in [4.69, 9.17) is 4.42 Å². The summed E-state index contributed by atoms with van der Waals surface area (Å²) in [5.74, 6) is -0.0340. The van der Waals surface area contributed by atoms with Crippen molar-refractivity contribution in [1.29, 1.82) is 0 Å². The maximum Gasteiger partial charge on any atom is 0.416 e. The lowest BCUT2D eigenvalue weighted by Gasteiger charge is -2.13. The number of ketones is 1. The average Bonchev–Trinajstić information content (AvgIpc) is 3.25. The van der Waals surface area contributed by atoms with Crippen LogP contribution in [0, 0.1) is 13.8 Å². The highest BCUT2D eigenvalue weighted by atomic mass is 32.2. The maximum atomic E-state index is 13.1. The van der Waals surface area contributed by atoms with Gasteiger partial charge in [-0.25, -0.2) is 4.98 Å². The van der Waals surface area contributed by atoms with Crippen molar-refractivity contribution >= 4 is 28.6 Å². The first-order valence-electron chi connectivity index (χ1n) is 9.12. The summed E-state index contributed by atoms with van der Waals surface area (Å²) >= 11 is 1.19. The molecular formula is C22H17F3N2O2S. The summed E-state index contributed by atoms with van der Waals surface area (Å²) in [5, 5.41) is 0.399. The molecule has 0 saturated heterocycles. The number of oxazole rings is 1. The van der Waals surface area contributed by atoms with Crippen molar-refractivity contribution in [3.8, 4) is 5.69 Å². The highest BCUT2D eigenvalue weighted by Gasteiger charge is 2.31. The number of benzene rings is 2. The molecule has 0 unspecified atom stereocenters. The molecule has 2 aromatic heterocycles. The molecule has 0 N–H and O–H groups in total. The fourth-order valence-electron chi connectivity index (χ4n) is 3.38. The molecule has 4 aromatic rings. The molecule has 154 valence electrons. The molecule has 0 spiro atoms. The van der Waals surface area contributed by atoms with Gasteiger partial charge in [-0.2, -0.15) is 13.2 Å². The topological polar surface area (TPSA) is 48.0 Å². The zero-order chi connectivity index (χ0) is 21.5. The van der Waals surface area contributed by atoms with Crippen LogP contribution in [0.4, 0.5) is 13.2 Å². The van der Waals surface area contributed by atoms with Crippen molar-refractivity contribution in [2.75, 3.05) is 5.75 Å². The second kappa shape index (κ2) is 7.68. The third kappa shape index (κ3) is 3.87. The van der Waals surface area contributed by atoms with Crippen molar-refractivity contribution in [1.82, 2.24) is 9.55 Å². The number of hydrogen-bond donors (Lipinski definition) is 0. The van der Waals surface area contributed by atoms with Crippen LogP contribution in [0.15, 0.2) is 64.2 Å². The number of halogens is 3. The third-order valence-corrected chi connectivity index (χ3v) is 5.59. The predicted octanol–water partition coefficient (Wildman–Crippen LogP) is 6.23. The minimum absolute atomic E-state index is 0.111. The monoisotopic (exact) mass is 430 g/mol. The van der Waals surface area contributed by atoms with Crippen molar-refractivity contribution in [2.45, 2.75) is 25.2 Å². The highest BCUT2D eigenvalue weighted by molar-refractivity contribution is 7.99. The fourth-order valence-corrected chi connectivity index (χ4v) is 4.10. The van der Waals surface area contributed by atoms with E-state index in [2.05, 4.69) is 4.98 Å². The van der Waals surface area contributed by atoms with Gasteiger partial charge in [0.05, 0.1) is 11.3 Å². The van der Waals surface area contributed by atoms with Gasteiger partial charge in [-0.15, -0.1) is 0 Å². The first kappa shape index (κ1) is 20.3. The normalized spacial score (nSPS) is 11.9. The SMILES string of the molecule is Cc1cc(C(=O)CSc2nc3ccccc3o2)c(C)n1-c1cccc(C(F)(F)F)c1. The van der Waals surface area contributed by atoms with Crippen LogP contribution < -0.4 is 0 Å². The molecule has 0 aliphatic heterocycles. The van der Waals surface area contributed by atoms with Gasteiger partial charge in [-0.3, -0.25) is 4.79 Å². The van der Waals surface area contributed by atoms with Gasteiger partial charge < -0.3 is 8.98 Å². The van der Waals surface area contributed by atoms with E-state index in [1.165, 1.54) is 17.8 Å². The molecule has 0 aliphatic carbocycles. The van der Waals surface area contributed by atoms with E-state index < -0.39 is 11.7 Å². The molecule has 0 aliphatic rings. The molecule has 4 rings (SSSR count). The van der Waals surface area contributed by atoms with Crippen LogP contribution >= 0.6 is 11.8 Å². The Hall–Kier alpha value is -3.00. The smallest absolute Gasteiger partial charge is 0.416 e. The van der Waals surface area contributed by atoms with Gasteiger partial charge in [0.25, 0.3) is 5.22 Å². The van der Waals surface area contributed by atoms with Gasteiger partial charge in [0.15, 0.2) is 11.4 Å². The summed E-state index contributed by atoms with van der Waals surface area (Å²) in [6, 6.07) is 14.1. The van der Waals surface area contributed by atoms with E-state index in [1.807, 2.05) is 18.2 Å². The highest BCUT2D eigenvalue weighted by Crippen LogP contribution is 2.32. The maximum absolute atomic E-state index is 13.1. The number of nitrogens with zero attached hydrogens (tertiary/aromatic N) is 2. The van der Waals surface area contributed by atoms with Crippen LogP contribution in [0.2, 0.25) is 0 Å². The first-order chi connectivity index (χ1) is 14.2. The molecule has 0 atom stereocenters. The van der Waals surface area contributed by atoms with E-state index in [0.717, 1.165) is 17.6 Å². The standard InChI is InChI=1S/C22H17F3N2O2S/c1-13-10-17(14(2)27(13)16-7-5-6-15(11-16)22(23,24)25)19(28)12-30-21-26-18-8-3-4-9-20(18)29-21/h3-11H,12H2,1-2H3. The Kier molecular flexibility index (Phi) is 5.19. The second-order valence-corrected chi connectivity index (χ2v) is 7.75. The zero-order valence-electron chi connectivity index (χ0n) is 16.2. The second-order valence-electron chi connectivity index (χ2n) is 6.83.